The Kier molecular flexibility index (Phi) is 4.89. The Morgan fingerprint density at radius 1 is 1.56 bits per heavy atom. The van der Waals surface area contributed by atoms with Gasteiger partial charge >= 0.3 is 5.97 Å². The Balaban J connectivity index is 2.97. The highest BCUT2D eigenvalue weighted by atomic mass is 79.9. The van der Waals surface area contributed by atoms with E-state index in [1.54, 1.807) is 0 Å². The van der Waals surface area contributed by atoms with E-state index in [1.165, 1.54) is 19.2 Å². The first-order valence-electron chi connectivity index (χ1n) is 4.35. The highest BCUT2D eigenvalue weighted by Crippen LogP contribution is 2.29. The van der Waals surface area contributed by atoms with E-state index >= 15 is 0 Å². The molecule has 6 heteroatoms. The van der Waals surface area contributed by atoms with Crippen molar-refractivity contribution < 1.29 is 19.0 Å². The van der Waals surface area contributed by atoms with Gasteiger partial charge in [0.1, 0.15) is 5.82 Å². The third-order valence-corrected chi connectivity index (χ3v) is 3.61. The zero-order valence-electron chi connectivity index (χ0n) is 8.34. The summed E-state index contributed by atoms with van der Waals surface area (Å²) in [6.07, 6.45) is -1.33. The Morgan fingerprint density at radius 3 is 2.75 bits per heavy atom. The number of hydrogen-bond acceptors (Lipinski definition) is 3. The molecule has 0 saturated carbocycles. The molecule has 16 heavy (non-hydrogen) atoms. The van der Waals surface area contributed by atoms with Gasteiger partial charge < -0.3 is 9.84 Å². The lowest BCUT2D eigenvalue weighted by Gasteiger charge is -2.11. The van der Waals surface area contributed by atoms with Crippen LogP contribution in [0.25, 0.3) is 0 Å². The minimum atomic E-state index is -1.31. The third kappa shape index (κ3) is 3.02. The molecule has 0 aromatic heterocycles. The number of rotatable bonds is 3. The number of aliphatic hydroxyl groups is 1. The second-order valence-electron chi connectivity index (χ2n) is 3.06. The fourth-order valence-corrected chi connectivity index (χ4v) is 2.43. The largest absolute Gasteiger partial charge is 0.467 e. The smallest absolute Gasteiger partial charge is 0.335 e. The molecule has 0 amide bonds. The summed E-state index contributed by atoms with van der Waals surface area (Å²) < 4.78 is 18.4. The number of ether oxygens (including phenoxy) is 1. The highest BCUT2D eigenvalue weighted by Gasteiger charge is 2.20. The average molecular weight is 356 g/mol. The number of methoxy groups -OCH3 is 1. The van der Waals surface area contributed by atoms with Crippen LogP contribution in [0.4, 0.5) is 4.39 Å². The summed E-state index contributed by atoms with van der Waals surface area (Å²) in [5.41, 5.74) is 0.484. The quantitative estimate of drug-likeness (QED) is 0.669. The van der Waals surface area contributed by atoms with Gasteiger partial charge in [0, 0.05) is 10.9 Å². The van der Waals surface area contributed by atoms with Crippen molar-refractivity contribution in [2.45, 2.75) is 12.5 Å². The van der Waals surface area contributed by atoms with E-state index < -0.39 is 17.9 Å². The van der Waals surface area contributed by atoms with Crippen LogP contribution in [0.15, 0.2) is 21.1 Å². The van der Waals surface area contributed by atoms with E-state index in [4.69, 9.17) is 0 Å². The summed E-state index contributed by atoms with van der Waals surface area (Å²) in [5.74, 6) is -1.20. The average Bonchev–Trinajstić information content (AvgIpc) is 2.28. The van der Waals surface area contributed by atoms with Crippen LogP contribution in [-0.2, 0) is 16.0 Å². The van der Waals surface area contributed by atoms with Crippen LogP contribution in [-0.4, -0.2) is 24.3 Å². The zero-order valence-corrected chi connectivity index (χ0v) is 11.5. The van der Waals surface area contributed by atoms with Gasteiger partial charge in [-0.1, -0.05) is 15.9 Å². The zero-order chi connectivity index (χ0) is 12.3. The first-order valence-corrected chi connectivity index (χ1v) is 5.94. The van der Waals surface area contributed by atoms with Gasteiger partial charge in [-0.25, -0.2) is 9.18 Å². The van der Waals surface area contributed by atoms with Crippen molar-refractivity contribution in [1.82, 2.24) is 0 Å². The van der Waals surface area contributed by atoms with Gasteiger partial charge in [0.15, 0.2) is 6.10 Å². The van der Waals surface area contributed by atoms with E-state index in [0.717, 1.165) is 0 Å². The second-order valence-corrected chi connectivity index (χ2v) is 4.71. The number of carbonyl (C=O) groups is 1. The van der Waals surface area contributed by atoms with E-state index in [1.807, 2.05) is 0 Å². The van der Waals surface area contributed by atoms with Crippen molar-refractivity contribution in [3.63, 3.8) is 0 Å². The van der Waals surface area contributed by atoms with Crippen LogP contribution < -0.4 is 0 Å². The van der Waals surface area contributed by atoms with Gasteiger partial charge in [0.25, 0.3) is 0 Å². The van der Waals surface area contributed by atoms with Crippen LogP contribution in [0.5, 0.6) is 0 Å². The summed E-state index contributed by atoms with van der Waals surface area (Å²) >= 11 is 6.28. The van der Waals surface area contributed by atoms with Gasteiger partial charge in [0.05, 0.1) is 11.6 Å². The third-order valence-electron chi connectivity index (χ3n) is 2.01. The number of carbonyl (C=O) groups excluding carboxylic acids is 1. The molecule has 0 spiro atoms. The van der Waals surface area contributed by atoms with Crippen molar-refractivity contribution in [1.29, 1.82) is 0 Å². The van der Waals surface area contributed by atoms with Gasteiger partial charge in [-0.3, -0.25) is 0 Å². The van der Waals surface area contributed by atoms with Crippen molar-refractivity contribution in [3.8, 4) is 0 Å². The molecule has 0 aliphatic heterocycles. The summed E-state index contributed by atoms with van der Waals surface area (Å²) in [4.78, 5) is 11.0. The molecule has 88 valence electrons. The Hall–Kier alpha value is -0.460. The van der Waals surface area contributed by atoms with Gasteiger partial charge in [-0.15, -0.1) is 0 Å². The molecular weight excluding hydrogens is 347 g/mol. The van der Waals surface area contributed by atoms with Crippen molar-refractivity contribution in [2.24, 2.45) is 0 Å². The van der Waals surface area contributed by atoms with Crippen molar-refractivity contribution in [3.05, 3.63) is 32.5 Å². The fraction of sp³-hybridized carbons (Fsp3) is 0.300. The Morgan fingerprint density at radius 2 is 2.19 bits per heavy atom. The monoisotopic (exact) mass is 354 g/mol. The molecule has 0 heterocycles. The molecule has 1 rings (SSSR count). The summed E-state index contributed by atoms with van der Waals surface area (Å²) in [5, 5.41) is 9.47. The molecule has 1 aromatic rings. The topological polar surface area (TPSA) is 46.5 Å². The van der Waals surface area contributed by atoms with Crippen LogP contribution in [0.1, 0.15) is 5.56 Å². The van der Waals surface area contributed by atoms with E-state index in [2.05, 4.69) is 36.6 Å². The SMILES string of the molecule is COC(=O)C(O)Cc1c(Br)ccc(F)c1Br. The van der Waals surface area contributed by atoms with Crippen LogP contribution >= 0.6 is 31.9 Å². The van der Waals surface area contributed by atoms with Crippen LogP contribution in [0.2, 0.25) is 0 Å². The maximum absolute atomic E-state index is 13.2. The molecule has 0 saturated heterocycles. The van der Waals surface area contributed by atoms with E-state index in [9.17, 15) is 14.3 Å². The lowest BCUT2D eigenvalue weighted by atomic mass is 10.1. The molecule has 0 aliphatic rings. The van der Waals surface area contributed by atoms with Crippen LogP contribution in [0, 0.1) is 5.82 Å². The molecule has 0 radical (unpaired) electrons. The van der Waals surface area contributed by atoms with E-state index in [0.29, 0.717) is 10.0 Å². The minimum absolute atomic E-state index is 0.0222. The molecular formula is C10H9Br2FO3. The number of halogens is 3. The Bertz CT molecular complexity index is 409. The predicted molar refractivity (Wildman–Crippen MR) is 63.5 cm³/mol. The summed E-state index contributed by atoms with van der Waals surface area (Å²) in [7, 11) is 1.18. The first-order chi connectivity index (χ1) is 7.47. The van der Waals surface area contributed by atoms with Gasteiger partial charge in [-0.05, 0) is 33.6 Å². The van der Waals surface area contributed by atoms with Crippen molar-refractivity contribution in [2.75, 3.05) is 7.11 Å². The molecule has 1 aromatic carbocycles. The lowest BCUT2D eigenvalue weighted by Crippen LogP contribution is -2.24. The molecule has 0 bridgehead atoms. The van der Waals surface area contributed by atoms with Gasteiger partial charge in [0.2, 0.25) is 0 Å². The van der Waals surface area contributed by atoms with Crippen molar-refractivity contribution >= 4 is 37.8 Å². The summed E-state index contributed by atoms with van der Waals surface area (Å²) in [6.45, 7) is 0. The predicted octanol–water partition coefficient (Wildman–Crippen LogP) is 2.43. The molecule has 0 fully saturated rings. The Labute approximate surface area is 109 Å². The first kappa shape index (κ1) is 13.6. The second kappa shape index (κ2) is 5.75. The molecule has 1 unspecified atom stereocenters. The number of benzene rings is 1. The molecule has 1 N–H and O–H groups in total. The number of aliphatic hydroxyl groups excluding tert-OH is 1. The number of hydrogen-bond donors (Lipinski definition) is 1. The van der Waals surface area contributed by atoms with Crippen LogP contribution in [0.3, 0.4) is 0 Å². The molecule has 0 aliphatic carbocycles. The maximum Gasteiger partial charge on any atom is 0.335 e. The standard InChI is InChI=1S/C10H9Br2FO3/c1-16-10(15)8(14)4-5-6(11)2-3-7(13)9(5)12/h2-3,8,14H,4H2,1H3. The molecule has 1 atom stereocenters. The maximum atomic E-state index is 13.2. The lowest BCUT2D eigenvalue weighted by molar-refractivity contribution is -0.150. The fourth-order valence-electron chi connectivity index (χ4n) is 1.17. The minimum Gasteiger partial charge on any atom is -0.467 e. The molecule has 3 nitrogen and oxygen atoms in total. The van der Waals surface area contributed by atoms with E-state index in [-0.39, 0.29) is 10.9 Å². The van der Waals surface area contributed by atoms with Gasteiger partial charge in [-0.2, -0.15) is 0 Å². The number of esters is 1. The normalized spacial score (nSPS) is 12.3. The highest BCUT2D eigenvalue weighted by molar-refractivity contribution is 9.11. The summed E-state index contributed by atoms with van der Waals surface area (Å²) in [6, 6.07) is 2.79.